The van der Waals surface area contributed by atoms with E-state index in [0.717, 1.165) is 11.1 Å². The summed E-state index contributed by atoms with van der Waals surface area (Å²) in [4.78, 5) is 11.2. The minimum absolute atomic E-state index is 0.243. The third-order valence-electron chi connectivity index (χ3n) is 2.81. The number of methoxy groups -OCH3 is 1. The van der Waals surface area contributed by atoms with E-state index in [1.54, 1.807) is 30.0 Å². The number of hydrogen-bond donors (Lipinski definition) is 1. The molecule has 0 spiro atoms. The van der Waals surface area contributed by atoms with E-state index in [0.29, 0.717) is 18.2 Å². The largest absolute Gasteiger partial charge is 0.477 e. The number of benzene rings is 1. The van der Waals surface area contributed by atoms with Crippen LogP contribution in [0.5, 0.6) is 0 Å². The highest BCUT2D eigenvalue weighted by atomic mass is 35.5. The Morgan fingerprint density at radius 3 is 2.79 bits per heavy atom. The number of rotatable bonds is 5. The Labute approximate surface area is 116 Å². The molecule has 1 N–H and O–H groups in total. The molecule has 1 aromatic carbocycles. The average molecular weight is 280 g/mol. The summed E-state index contributed by atoms with van der Waals surface area (Å²) in [5, 5.41) is 9.82. The topological polar surface area (TPSA) is 51.5 Å². The van der Waals surface area contributed by atoms with Gasteiger partial charge >= 0.3 is 5.97 Å². The Bertz CT molecular complexity index is 592. The zero-order valence-corrected chi connectivity index (χ0v) is 11.2. The SMILES string of the molecule is COCCn1cc(-c2cccc(Cl)c2)cc1C(=O)O. The fourth-order valence-electron chi connectivity index (χ4n) is 1.89. The summed E-state index contributed by atoms with van der Waals surface area (Å²) >= 11 is 5.94. The van der Waals surface area contributed by atoms with Crippen LogP contribution in [0.3, 0.4) is 0 Å². The van der Waals surface area contributed by atoms with Gasteiger partial charge < -0.3 is 14.4 Å². The van der Waals surface area contributed by atoms with Crippen LogP contribution in [0.1, 0.15) is 10.5 Å². The minimum Gasteiger partial charge on any atom is -0.477 e. The van der Waals surface area contributed by atoms with Crippen LogP contribution < -0.4 is 0 Å². The molecule has 0 atom stereocenters. The number of carboxylic acid groups (broad SMARTS) is 1. The van der Waals surface area contributed by atoms with Gasteiger partial charge in [0.25, 0.3) is 0 Å². The summed E-state index contributed by atoms with van der Waals surface area (Å²) in [5.74, 6) is -0.954. The van der Waals surface area contributed by atoms with Crippen molar-refractivity contribution in [2.45, 2.75) is 6.54 Å². The van der Waals surface area contributed by atoms with Gasteiger partial charge in [-0.1, -0.05) is 23.7 Å². The monoisotopic (exact) mass is 279 g/mol. The van der Waals surface area contributed by atoms with Crippen molar-refractivity contribution in [1.29, 1.82) is 0 Å². The van der Waals surface area contributed by atoms with Crippen LogP contribution >= 0.6 is 11.6 Å². The third-order valence-corrected chi connectivity index (χ3v) is 3.05. The molecule has 100 valence electrons. The quantitative estimate of drug-likeness (QED) is 0.915. The van der Waals surface area contributed by atoms with E-state index < -0.39 is 5.97 Å². The highest BCUT2D eigenvalue weighted by Crippen LogP contribution is 2.25. The van der Waals surface area contributed by atoms with Crippen molar-refractivity contribution < 1.29 is 14.6 Å². The molecule has 0 radical (unpaired) electrons. The normalized spacial score (nSPS) is 10.6. The number of aromatic carboxylic acids is 1. The van der Waals surface area contributed by atoms with Gasteiger partial charge in [0.2, 0.25) is 0 Å². The van der Waals surface area contributed by atoms with Crippen molar-refractivity contribution in [3.05, 3.63) is 47.2 Å². The molecule has 2 aromatic rings. The van der Waals surface area contributed by atoms with E-state index in [1.165, 1.54) is 0 Å². The van der Waals surface area contributed by atoms with Crippen molar-refractivity contribution in [3.63, 3.8) is 0 Å². The molecule has 0 aliphatic heterocycles. The molecular weight excluding hydrogens is 266 g/mol. The average Bonchev–Trinajstić information content (AvgIpc) is 2.80. The summed E-state index contributed by atoms with van der Waals surface area (Å²) in [7, 11) is 1.59. The van der Waals surface area contributed by atoms with E-state index in [4.69, 9.17) is 16.3 Å². The van der Waals surface area contributed by atoms with Gasteiger partial charge in [0.1, 0.15) is 5.69 Å². The molecular formula is C14H14ClNO3. The molecule has 0 amide bonds. The van der Waals surface area contributed by atoms with E-state index in [1.807, 2.05) is 18.2 Å². The summed E-state index contributed by atoms with van der Waals surface area (Å²) in [6.07, 6.45) is 1.80. The number of nitrogens with zero attached hydrogens (tertiary/aromatic N) is 1. The molecule has 1 heterocycles. The maximum Gasteiger partial charge on any atom is 0.352 e. The van der Waals surface area contributed by atoms with Gasteiger partial charge in [0, 0.05) is 30.4 Å². The van der Waals surface area contributed by atoms with Gasteiger partial charge in [-0.25, -0.2) is 4.79 Å². The molecule has 0 saturated carbocycles. The first-order chi connectivity index (χ1) is 9.11. The van der Waals surface area contributed by atoms with Crippen molar-refractivity contribution in [2.75, 3.05) is 13.7 Å². The second kappa shape index (κ2) is 5.91. The molecule has 1 aromatic heterocycles. The fraction of sp³-hybridized carbons (Fsp3) is 0.214. The van der Waals surface area contributed by atoms with Crippen LogP contribution in [0.2, 0.25) is 5.02 Å². The zero-order valence-electron chi connectivity index (χ0n) is 10.5. The number of ether oxygens (including phenoxy) is 1. The number of halogens is 1. The summed E-state index contributed by atoms with van der Waals surface area (Å²) < 4.78 is 6.65. The van der Waals surface area contributed by atoms with Crippen molar-refractivity contribution in [2.24, 2.45) is 0 Å². The van der Waals surface area contributed by atoms with Gasteiger partial charge in [0.15, 0.2) is 0 Å². The second-order valence-electron chi connectivity index (χ2n) is 4.12. The molecule has 0 saturated heterocycles. The maximum absolute atomic E-state index is 11.2. The molecule has 0 fully saturated rings. The number of hydrogen-bond acceptors (Lipinski definition) is 2. The predicted molar refractivity (Wildman–Crippen MR) is 73.7 cm³/mol. The zero-order chi connectivity index (χ0) is 13.8. The molecule has 19 heavy (non-hydrogen) atoms. The van der Waals surface area contributed by atoms with Crippen LogP contribution in [0.15, 0.2) is 36.5 Å². The molecule has 4 nitrogen and oxygen atoms in total. The molecule has 0 aliphatic rings. The van der Waals surface area contributed by atoms with Crippen molar-refractivity contribution in [1.82, 2.24) is 4.57 Å². The van der Waals surface area contributed by atoms with Crippen LogP contribution in [0.4, 0.5) is 0 Å². The fourth-order valence-corrected chi connectivity index (χ4v) is 2.08. The van der Waals surface area contributed by atoms with Crippen LogP contribution in [0, 0.1) is 0 Å². The predicted octanol–water partition coefficient (Wildman–Crippen LogP) is 3.15. The van der Waals surface area contributed by atoms with Crippen molar-refractivity contribution >= 4 is 17.6 Å². The molecule has 0 aliphatic carbocycles. The number of carbonyl (C=O) groups is 1. The smallest absolute Gasteiger partial charge is 0.352 e. The Hall–Kier alpha value is -1.78. The van der Waals surface area contributed by atoms with E-state index in [9.17, 15) is 9.90 Å². The molecule has 5 heteroatoms. The highest BCUT2D eigenvalue weighted by molar-refractivity contribution is 6.30. The molecule has 0 bridgehead atoms. The maximum atomic E-state index is 11.2. The Morgan fingerprint density at radius 1 is 1.37 bits per heavy atom. The van der Waals surface area contributed by atoms with Gasteiger partial charge in [-0.2, -0.15) is 0 Å². The number of aromatic nitrogens is 1. The standard InChI is InChI=1S/C14H14ClNO3/c1-19-6-5-16-9-11(8-13(16)14(17)18)10-3-2-4-12(15)7-10/h2-4,7-9H,5-6H2,1H3,(H,17,18). The lowest BCUT2D eigenvalue weighted by Crippen LogP contribution is -2.10. The van der Waals surface area contributed by atoms with E-state index in [2.05, 4.69) is 0 Å². The van der Waals surface area contributed by atoms with Crippen LogP contribution in [-0.2, 0) is 11.3 Å². The lowest BCUT2D eigenvalue weighted by atomic mass is 10.1. The first kappa shape index (κ1) is 13.6. The number of carboxylic acids is 1. The van der Waals surface area contributed by atoms with E-state index >= 15 is 0 Å². The third kappa shape index (κ3) is 3.16. The van der Waals surface area contributed by atoms with Gasteiger partial charge in [0.05, 0.1) is 6.61 Å². The van der Waals surface area contributed by atoms with Gasteiger partial charge in [-0.15, -0.1) is 0 Å². The van der Waals surface area contributed by atoms with E-state index in [-0.39, 0.29) is 5.69 Å². The van der Waals surface area contributed by atoms with Crippen LogP contribution in [-0.4, -0.2) is 29.4 Å². The van der Waals surface area contributed by atoms with Gasteiger partial charge in [-0.05, 0) is 23.8 Å². The molecule has 2 rings (SSSR count). The lowest BCUT2D eigenvalue weighted by Gasteiger charge is -2.04. The Morgan fingerprint density at radius 2 is 2.16 bits per heavy atom. The summed E-state index contributed by atoms with van der Waals surface area (Å²) in [6, 6.07) is 8.97. The first-order valence-corrected chi connectivity index (χ1v) is 6.18. The summed E-state index contributed by atoms with van der Waals surface area (Å²) in [5.41, 5.74) is 1.97. The van der Waals surface area contributed by atoms with Crippen molar-refractivity contribution in [3.8, 4) is 11.1 Å². The Balaban J connectivity index is 2.39. The summed E-state index contributed by atoms with van der Waals surface area (Å²) in [6.45, 7) is 0.961. The molecule has 0 unspecified atom stereocenters. The minimum atomic E-state index is -0.954. The second-order valence-corrected chi connectivity index (χ2v) is 4.55. The highest BCUT2D eigenvalue weighted by Gasteiger charge is 2.13. The van der Waals surface area contributed by atoms with Crippen LogP contribution in [0.25, 0.3) is 11.1 Å². The first-order valence-electron chi connectivity index (χ1n) is 5.80. The van der Waals surface area contributed by atoms with Gasteiger partial charge in [-0.3, -0.25) is 0 Å². The Kier molecular flexibility index (Phi) is 4.24. The lowest BCUT2D eigenvalue weighted by molar-refractivity contribution is 0.0682.